The predicted octanol–water partition coefficient (Wildman–Crippen LogP) is 3.34. The molecule has 132 valence electrons. The Bertz CT molecular complexity index is 924. The lowest BCUT2D eigenvalue weighted by molar-refractivity contribution is -0.117. The van der Waals surface area contributed by atoms with Crippen molar-refractivity contribution in [1.29, 1.82) is 5.26 Å². The van der Waals surface area contributed by atoms with E-state index < -0.39 is 11.7 Å². The Morgan fingerprint density at radius 3 is 2.85 bits per heavy atom. The van der Waals surface area contributed by atoms with E-state index in [0.29, 0.717) is 17.2 Å². The SMILES string of the molecule is N#C/C(=C/Nc1ccc(F)c(Cl)c1)C(=O)NCc1ccc2c(c1)OCO2. The third-order valence-corrected chi connectivity index (χ3v) is 3.85. The van der Waals surface area contributed by atoms with Gasteiger partial charge >= 0.3 is 0 Å². The van der Waals surface area contributed by atoms with E-state index in [1.165, 1.54) is 24.4 Å². The lowest BCUT2D eigenvalue weighted by atomic mass is 10.2. The largest absolute Gasteiger partial charge is 0.454 e. The summed E-state index contributed by atoms with van der Waals surface area (Å²) < 4.78 is 23.6. The maximum Gasteiger partial charge on any atom is 0.263 e. The maximum absolute atomic E-state index is 13.1. The Hall–Kier alpha value is -3.24. The number of hydrogen-bond acceptors (Lipinski definition) is 5. The highest BCUT2D eigenvalue weighted by Crippen LogP contribution is 2.32. The molecule has 0 aromatic heterocycles. The Kier molecular flexibility index (Phi) is 5.25. The van der Waals surface area contributed by atoms with Crippen LogP contribution < -0.4 is 20.1 Å². The van der Waals surface area contributed by atoms with Crippen LogP contribution in [0.5, 0.6) is 11.5 Å². The second kappa shape index (κ2) is 7.76. The van der Waals surface area contributed by atoms with Crippen LogP contribution in [0.1, 0.15) is 5.56 Å². The van der Waals surface area contributed by atoms with Crippen molar-refractivity contribution >= 4 is 23.2 Å². The molecule has 1 heterocycles. The van der Waals surface area contributed by atoms with Gasteiger partial charge in [-0.1, -0.05) is 17.7 Å². The van der Waals surface area contributed by atoms with Gasteiger partial charge in [-0.15, -0.1) is 0 Å². The Balaban J connectivity index is 1.61. The Morgan fingerprint density at radius 1 is 1.27 bits per heavy atom. The van der Waals surface area contributed by atoms with Crippen molar-refractivity contribution in [2.75, 3.05) is 12.1 Å². The van der Waals surface area contributed by atoms with Gasteiger partial charge in [0.15, 0.2) is 11.5 Å². The lowest BCUT2D eigenvalue weighted by Crippen LogP contribution is -2.24. The molecule has 2 aromatic rings. The highest BCUT2D eigenvalue weighted by molar-refractivity contribution is 6.31. The number of carbonyl (C=O) groups is 1. The third-order valence-electron chi connectivity index (χ3n) is 3.56. The molecule has 1 aliphatic heterocycles. The third kappa shape index (κ3) is 4.05. The second-order valence-electron chi connectivity index (χ2n) is 5.31. The summed E-state index contributed by atoms with van der Waals surface area (Å²) in [6.45, 7) is 0.391. The molecule has 0 bridgehead atoms. The fourth-order valence-electron chi connectivity index (χ4n) is 2.22. The summed E-state index contributed by atoms with van der Waals surface area (Å²) in [5.74, 6) is 0.163. The van der Waals surface area contributed by atoms with Gasteiger partial charge in [0.2, 0.25) is 6.79 Å². The van der Waals surface area contributed by atoms with Gasteiger partial charge in [0.25, 0.3) is 5.91 Å². The number of fused-ring (bicyclic) bond motifs is 1. The average Bonchev–Trinajstić information content (AvgIpc) is 3.11. The summed E-state index contributed by atoms with van der Waals surface area (Å²) in [6.07, 6.45) is 1.23. The molecule has 2 N–H and O–H groups in total. The zero-order chi connectivity index (χ0) is 18.5. The number of nitrogens with one attached hydrogen (secondary N) is 2. The highest BCUT2D eigenvalue weighted by atomic mass is 35.5. The van der Waals surface area contributed by atoms with E-state index in [4.69, 9.17) is 26.3 Å². The molecular weight excluding hydrogens is 361 g/mol. The van der Waals surface area contributed by atoms with Gasteiger partial charge in [0.05, 0.1) is 5.02 Å². The minimum Gasteiger partial charge on any atom is -0.454 e. The van der Waals surface area contributed by atoms with Gasteiger partial charge in [0.1, 0.15) is 17.5 Å². The molecule has 0 unspecified atom stereocenters. The zero-order valence-corrected chi connectivity index (χ0v) is 14.1. The Morgan fingerprint density at radius 2 is 2.08 bits per heavy atom. The van der Waals surface area contributed by atoms with Crippen LogP contribution in [0.2, 0.25) is 5.02 Å². The van der Waals surface area contributed by atoms with Crippen LogP contribution in [0.25, 0.3) is 0 Å². The van der Waals surface area contributed by atoms with Crippen LogP contribution in [-0.2, 0) is 11.3 Å². The van der Waals surface area contributed by atoms with Gasteiger partial charge in [-0.3, -0.25) is 4.79 Å². The van der Waals surface area contributed by atoms with Crippen LogP contribution in [-0.4, -0.2) is 12.7 Å². The van der Waals surface area contributed by atoms with Crippen LogP contribution in [0.15, 0.2) is 48.2 Å². The zero-order valence-electron chi connectivity index (χ0n) is 13.4. The van der Waals surface area contributed by atoms with E-state index >= 15 is 0 Å². The molecule has 0 spiro atoms. The standard InChI is InChI=1S/C18H13ClFN3O3/c19-14-6-13(2-3-15(14)20)22-9-12(7-21)18(24)23-8-11-1-4-16-17(5-11)26-10-25-16/h1-6,9,22H,8,10H2,(H,23,24)/b12-9-. The van der Waals surface area contributed by atoms with Crippen LogP contribution in [0.3, 0.4) is 0 Å². The number of hydrogen-bond donors (Lipinski definition) is 2. The van der Waals surface area contributed by atoms with Gasteiger partial charge in [0, 0.05) is 18.4 Å². The van der Waals surface area contributed by atoms with E-state index in [-0.39, 0.29) is 23.9 Å². The number of benzene rings is 2. The van der Waals surface area contributed by atoms with Gasteiger partial charge in [-0.25, -0.2) is 4.39 Å². The molecule has 6 nitrogen and oxygen atoms in total. The van der Waals surface area contributed by atoms with Crippen molar-refractivity contribution in [3.05, 3.63) is 64.6 Å². The smallest absolute Gasteiger partial charge is 0.263 e. The molecule has 3 rings (SSSR count). The second-order valence-corrected chi connectivity index (χ2v) is 5.72. The molecule has 0 aliphatic carbocycles. The molecule has 26 heavy (non-hydrogen) atoms. The number of amides is 1. The van der Waals surface area contributed by atoms with Crippen molar-refractivity contribution in [3.8, 4) is 17.6 Å². The molecule has 0 fully saturated rings. The molecule has 1 amide bonds. The number of nitrogens with zero attached hydrogens (tertiary/aromatic N) is 1. The first-order valence-corrected chi connectivity index (χ1v) is 7.93. The van der Waals surface area contributed by atoms with Crippen molar-refractivity contribution in [1.82, 2.24) is 5.32 Å². The summed E-state index contributed by atoms with van der Waals surface area (Å²) in [7, 11) is 0. The quantitative estimate of drug-likeness (QED) is 0.620. The first kappa shape index (κ1) is 17.6. The van der Waals surface area contributed by atoms with Gasteiger partial charge < -0.3 is 20.1 Å². The van der Waals surface area contributed by atoms with E-state index in [9.17, 15) is 9.18 Å². The van der Waals surface area contributed by atoms with Crippen LogP contribution >= 0.6 is 11.6 Å². The Labute approximate surface area is 153 Å². The van der Waals surface area contributed by atoms with Crippen molar-refractivity contribution in [2.45, 2.75) is 6.54 Å². The average molecular weight is 374 g/mol. The normalized spacial score (nSPS) is 12.4. The topological polar surface area (TPSA) is 83.4 Å². The van der Waals surface area contributed by atoms with Crippen LogP contribution in [0, 0.1) is 17.1 Å². The monoisotopic (exact) mass is 373 g/mol. The molecule has 1 aliphatic rings. The lowest BCUT2D eigenvalue weighted by Gasteiger charge is -2.06. The highest BCUT2D eigenvalue weighted by Gasteiger charge is 2.14. The van der Waals surface area contributed by atoms with Crippen LogP contribution in [0.4, 0.5) is 10.1 Å². The van der Waals surface area contributed by atoms with Gasteiger partial charge in [-0.05, 0) is 35.9 Å². The van der Waals surface area contributed by atoms with Crippen molar-refractivity contribution < 1.29 is 18.7 Å². The summed E-state index contributed by atoms with van der Waals surface area (Å²) in [4.78, 5) is 12.1. The summed E-state index contributed by atoms with van der Waals surface area (Å²) in [6, 6.07) is 11.1. The predicted molar refractivity (Wildman–Crippen MR) is 93.1 cm³/mol. The van der Waals surface area contributed by atoms with Crippen molar-refractivity contribution in [3.63, 3.8) is 0 Å². The number of halogens is 2. The van der Waals surface area contributed by atoms with Crippen molar-refractivity contribution in [2.24, 2.45) is 0 Å². The minimum absolute atomic E-state index is 0.0610. The first-order valence-electron chi connectivity index (χ1n) is 7.55. The fourth-order valence-corrected chi connectivity index (χ4v) is 2.40. The maximum atomic E-state index is 13.1. The summed E-state index contributed by atoms with van der Waals surface area (Å²) >= 11 is 5.68. The summed E-state index contributed by atoms with van der Waals surface area (Å²) in [5.41, 5.74) is 1.12. The molecule has 0 atom stereocenters. The van der Waals surface area contributed by atoms with E-state index in [2.05, 4.69) is 10.6 Å². The summed E-state index contributed by atoms with van der Waals surface area (Å²) in [5, 5.41) is 14.5. The number of rotatable bonds is 5. The molecule has 2 aromatic carbocycles. The minimum atomic E-state index is -0.553. The van der Waals surface area contributed by atoms with Gasteiger partial charge in [-0.2, -0.15) is 5.26 Å². The van der Waals surface area contributed by atoms with E-state index in [1.54, 1.807) is 18.2 Å². The molecule has 0 saturated carbocycles. The van der Waals surface area contributed by atoms with E-state index in [1.807, 2.05) is 6.07 Å². The number of anilines is 1. The fraction of sp³-hybridized carbons (Fsp3) is 0.111. The molecule has 0 saturated heterocycles. The number of nitriles is 1. The molecule has 0 radical (unpaired) electrons. The molecule has 8 heteroatoms. The van der Waals surface area contributed by atoms with E-state index in [0.717, 1.165) is 5.56 Å². The number of carbonyl (C=O) groups excluding carboxylic acids is 1. The molecular formula is C18H13ClFN3O3. The first-order chi connectivity index (χ1) is 12.6. The number of ether oxygens (including phenoxy) is 2.